The summed E-state index contributed by atoms with van der Waals surface area (Å²) < 4.78 is 4.53. The van der Waals surface area contributed by atoms with Crippen molar-refractivity contribution in [2.45, 2.75) is 11.8 Å². The van der Waals surface area contributed by atoms with Gasteiger partial charge in [0, 0.05) is 4.90 Å². The van der Waals surface area contributed by atoms with Crippen LogP contribution in [0.3, 0.4) is 0 Å². The molecule has 0 aliphatic heterocycles. The summed E-state index contributed by atoms with van der Waals surface area (Å²) in [6.45, 7) is 1.79. The summed E-state index contributed by atoms with van der Waals surface area (Å²) in [5.74, 6) is -0.434. The first kappa shape index (κ1) is 10.0. The lowest BCUT2D eigenvalue weighted by Crippen LogP contribution is -2.05. The topological polar surface area (TPSA) is 65.2 Å². The van der Waals surface area contributed by atoms with E-state index in [1.54, 1.807) is 19.1 Å². The maximum Gasteiger partial charge on any atom is 0.356 e. The number of rotatable bonds is 2. The number of nitrogens with two attached hydrogens (primary N) is 1. The highest BCUT2D eigenvalue weighted by Crippen LogP contribution is 2.15. The van der Waals surface area contributed by atoms with Crippen LogP contribution in [0.4, 0.5) is 0 Å². The number of aromatic nitrogens is 1. The largest absolute Gasteiger partial charge is 0.464 e. The molecule has 70 valence electrons. The van der Waals surface area contributed by atoms with Crippen molar-refractivity contribution in [1.29, 1.82) is 0 Å². The van der Waals surface area contributed by atoms with E-state index in [0.717, 1.165) is 22.5 Å². The van der Waals surface area contributed by atoms with E-state index in [-0.39, 0.29) is 0 Å². The van der Waals surface area contributed by atoms with Gasteiger partial charge in [-0.05, 0) is 31.0 Å². The number of nitrogens with zero attached hydrogens (tertiary/aromatic N) is 1. The van der Waals surface area contributed by atoms with E-state index in [1.165, 1.54) is 7.11 Å². The van der Waals surface area contributed by atoms with Gasteiger partial charge in [-0.1, -0.05) is 0 Å². The summed E-state index contributed by atoms with van der Waals surface area (Å²) in [5.41, 5.74) is 1.04. The second-order valence-corrected chi connectivity index (χ2v) is 3.06. The van der Waals surface area contributed by atoms with Crippen LogP contribution in [0.5, 0.6) is 0 Å². The van der Waals surface area contributed by atoms with Crippen molar-refractivity contribution in [3.05, 3.63) is 23.5 Å². The number of hydrogen-bond acceptors (Lipinski definition) is 5. The minimum atomic E-state index is -0.434. The molecule has 0 unspecified atom stereocenters. The van der Waals surface area contributed by atoms with Gasteiger partial charge in [0.2, 0.25) is 0 Å². The summed E-state index contributed by atoms with van der Waals surface area (Å²) in [4.78, 5) is 15.9. The first-order valence-corrected chi connectivity index (χ1v) is 4.49. The molecule has 0 amide bonds. The molecule has 1 aromatic rings. The zero-order chi connectivity index (χ0) is 9.84. The third-order valence-electron chi connectivity index (χ3n) is 1.56. The Morgan fingerprint density at radius 2 is 2.31 bits per heavy atom. The highest BCUT2D eigenvalue weighted by molar-refractivity contribution is 7.97. The standard InChI is InChI=1S/C8H10N2O2S/c1-5-7(13-9)4-3-6(10-5)8(11)12-2/h3-4H,9H2,1-2H3. The van der Waals surface area contributed by atoms with Crippen molar-refractivity contribution in [3.63, 3.8) is 0 Å². The summed E-state index contributed by atoms with van der Waals surface area (Å²) in [5, 5.41) is 5.37. The predicted molar refractivity (Wildman–Crippen MR) is 50.4 cm³/mol. The molecule has 0 atom stereocenters. The van der Waals surface area contributed by atoms with E-state index >= 15 is 0 Å². The molecule has 0 spiro atoms. The Morgan fingerprint density at radius 1 is 1.62 bits per heavy atom. The molecule has 13 heavy (non-hydrogen) atoms. The van der Waals surface area contributed by atoms with Gasteiger partial charge in [-0.2, -0.15) is 0 Å². The number of aryl methyl sites for hydroxylation is 1. The van der Waals surface area contributed by atoms with Crippen LogP contribution >= 0.6 is 11.9 Å². The molecule has 1 heterocycles. The zero-order valence-electron chi connectivity index (χ0n) is 7.40. The van der Waals surface area contributed by atoms with Crippen LogP contribution < -0.4 is 5.14 Å². The lowest BCUT2D eigenvalue weighted by Gasteiger charge is -2.02. The molecule has 1 aromatic heterocycles. The SMILES string of the molecule is COC(=O)c1ccc(SN)c(C)n1. The van der Waals surface area contributed by atoms with Crippen molar-refractivity contribution in [1.82, 2.24) is 4.98 Å². The molecule has 5 heteroatoms. The maximum atomic E-state index is 11.0. The fourth-order valence-corrected chi connectivity index (χ4v) is 1.25. The number of methoxy groups -OCH3 is 1. The van der Waals surface area contributed by atoms with E-state index in [0.29, 0.717) is 5.69 Å². The Balaban J connectivity index is 3.02. The van der Waals surface area contributed by atoms with Gasteiger partial charge in [-0.15, -0.1) is 0 Å². The van der Waals surface area contributed by atoms with Crippen molar-refractivity contribution in [3.8, 4) is 0 Å². The van der Waals surface area contributed by atoms with E-state index in [9.17, 15) is 4.79 Å². The Bertz CT molecular complexity index is 328. The number of carbonyl (C=O) groups excluding carboxylic acids is 1. The molecule has 0 aromatic carbocycles. The number of esters is 1. The van der Waals surface area contributed by atoms with Crippen molar-refractivity contribution >= 4 is 17.9 Å². The van der Waals surface area contributed by atoms with Gasteiger partial charge < -0.3 is 4.74 Å². The van der Waals surface area contributed by atoms with Gasteiger partial charge in [-0.25, -0.2) is 9.78 Å². The normalized spacial score (nSPS) is 9.77. The van der Waals surface area contributed by atoms with E-state index in [1.807, 2.05) is 0 Å². The predicted octanol–water partition coefficient (Wildman–Crippen LogP) is 1.14. The van der Waals surface area contributed by atoms with Gasteiger partial charge in [-0.3, -0.25) is 5.14 Å². The Hall–Kier alpha value is -1.07. The van der Waals surface area contributed by atoms with Crippen LogP contribution in [0.25, 0.3) is 0 Å². The molecule has 0 aliphatic rings. The number of carbonyl (C=O) groups is 1. The highest BCUT2D eigenvalue weighted by atomic mass is 32.2. The van der Waals surface area contributed by atoms with Crippen LogP contribution in [0, 0.1) is 6.92 Å². The monoisotopic (exact) mass is 198 g/mol. The van der Waals surface area contributed by atoms with Gasteiger partial charge >= 0.3 is 5.97 Å². The van der Waals surface area contributed by atoms with Gasteiger partial charge in [0.1, 0.15) is 5.69 Å². The van der Waals surface area contributed by atoms with Crippen LogP contribution in [0.2, 0.25) is 0 Å². The van der Waals surface area contributed by atoms with E-state index < -0.39 is 5.97 Å². The van der Waals surface area contributed by atoms with Crippen molar-refractivity contribution in [2.75, 3.05) is 7.11 Å². The minimum Gasteiger partial charge on any atom is -0.464 e. The first-order valence-electron chi connectivity index (χ1n) is 3.61. The number of hydrogen-bond donors (Lipinski definition) is 1. The summed E-state index contributed by atoms with van der Waals surface area (Å²) in [6.07, 6.45) is 0. The van der Waals surface area contributed by atoms with Gasteiger partial charge in [0.25, 0.3) is 0 Å². The van der Waals surface area contributed by atoms with Crippen LogP contribution in [-0.2, 0) is 4.74 Å². The molecular weight excluding hydrogens is 188 g/mol. The average molecular weight is 198 g/mol. The molecule has 2 N–H and O–H groups in total. The van der Waals surface area contributed by atoms with Gasteiger partial charge in [0.15, 0.2) is 0 Å². The minimum absolute atomic E-state index is 0.304. The van der Waals surface area contributed by atoms with Crippen LogP contribution in [0.1, 0.15) is 16.2 Å². The summed E-state index contributed by atoms with van der Waals surface area (Å²) >= 11 is 1.11. The molecular formula is C8H10N2O2S. The summed E-state index contributed by atoms with van der Waals surface area (Å²) in [6, 6.07) is 3.34. The molecule has 0 bridgehead atoms. The van der Waals surface area contributed by atoms with Crippen LogP contribution in [-0.4, -0.2) is 18.1 Å². The lowest BCUT2D eigenvalue weighted by molar-refractivity contribution is 0.0593. The van der Waals surface area contributed by atoms with E-state index in [2.05, 4.69) is 9.72 Å². The fourth-order valence-electron chi connectivity index (χ4n) is 0.891. The molecule has 4 nitrogen and oxygen atoms in total. The van der Waals surface area contributed by atoms with Crippen molar-refractivity contribution in [2.24, 2.45) is 5.14 Å². The fraction of sp³-hybridized carbons (Fsp3) is 0.250. The molecule has 0 fully saturated rings. The lowest BCUT2D eigenvalue weighted by atomic mass is 10.3. The third-order valence-corrected chi connectivity index (χ3v) is 2.24. The molecule has 0 saturated heterocycles. The second kappa shape index (κ2) is 4.25. The summed E-state index contributed by atoms with van der Waals surface area (Å²) in [7, 11) is 1.32. The number of ether oxygens (including phenoxy) is 1. The molecule has 0 saturated carbocycles. The third kappa shape index (κ3) is 2.19. The van der Waals surface area contributed by atoms with E-state index in [4.69, 9.17) is 5.14 Å². The van der Waals surface area contributed by atoms with Crippen molar-refractivity contribution < 1.29 is 9.53 Å². The average Bonchev–Trinajstić information content (AvgIpc) is 2.16. The first-order chi connectivity index (χ1) is 6.19. The smallest absolute Gasteiger partial charge is 0.356 e. The molecule has 0 radical (unpaired) electrons. The highest BCUT2D eigenvalue weighted by Gasteiger charge is 2.08. The van der Waals surface area contributed by atoms with Crippen LogP contribution in [0.15, 0.2) is 17.0 Å². The Labute approximate surface area is 80.6 Å². The molecule has 0 aliphatic carbocycles. The second-order valence-electron chi connectivity index (χ2n) is 2.39. The maximum absolute atomic E-state index is 11.0. The number of pyridine rings is 1. The Morgan fingerprint density at radius 3 is 2.77 bits per heavy atom. The Kier molecular flexibility index (Phi) is 3.27. The molecule has 1 rings (SSSR count). The quantitative estimate of drug-likeness (QED) is 0.570. The zero-order valence-corrected chi connectivity index (χ0v) is 8.22. The van der Waals surface area contributed by atoms with Gasteiger partial charge in [0.05, 0.1) is 12.8 Å².